The molecule has 0 spiro atoms. The maximum Gasteiger partial charge on any atom is 0.0627 e. The van der Waals surface area contributed by atoms with Gasteiger partial charge in [-0.3, -0.25) is 0 Å². The zero-order chi connectivity index (χ0) is 21.0. The van der Waals surface area contributed by atoms with Crippen molar-refractivity contribution in [2.75, 3.05) is 49.4 Å². The second-order valence-electron chi connectivity index (χ2n) is 5.03. The van der Waals surface area contributed by atoms with Crippen LogP contribution in [0.1, 0.15) is 53.4 Å². The molecule has 0 aliphatic rings. The molecule has 160 valence electrons. The summed E-state index contributed by atoms with van der Waals surface area (Å²) < 4.78 is 0. The molecule has 4 nitrogen and oxygen atoms in total. The van der Waals surface area contributed by atoms with E-state index < -0.39 is 31.8 Å². The zero-order valence-electron chi connectivity index (χ0n) is 16.6. The minimum Gasteiger partial charge on any atom is -0.396 e. The van der Waals surface area contributed by atoms with E-state index in [2.05, 4.69) is 78.2 Å². The molecule has 0 saturated carbocycles. The summed E-state index contributed by atoms with van der Waals surface area (Å²) >= 11 is 15.7. The summed E-state index contributed by atoms with van der Waals surface area (Å²) in [6.07, 6.45) is 4.73. The lowest BCUT2D eigenvalue weighted by Crippen LogP contribution is -2.37. The Kier molecular flexibility index (Phi) is 59.4. The van der Waals surface area contributed by atoms with E-state index in [0.717, 1.165) is 23.0 Å². The van der Waals surface area contributed by atoms with E-state index in [9.17, 15) is 0 Å². The van der Waals surface area contributed by atoms with Crippen LogP contribution in [0.25, 0.3) is 0 Å². The van der Waals surface area contributed by atoms with Crippen LogP contribution < -0.4 is 0 Å². The van der Waals surface area contributed by atoms with E-state index in [1.807, 2.05) is 0 Å². The molecule has 0 aliphatic heterocycles. The van der Waals surface area contributed by atoms with Crippen LogP contribution in [0.3, 0.4) is 0 Å². The largest absolute Gasteiger partial charge is 0.396 e. The van der Waals surface area contributed by atoms with Crippen molar-refractivity contribution in [3.63, 3.8) is 0 Å². The lowest BCUT2D eigenvalue weighted by Gasteiger charge is -2.23. The van der Waals surface area contributed by atoms with Crippen molar-refractivity contribution in [1.29, 1.82) is 0 Å². The fraction of sp³-hybridized carbons (Fsp3) is 1.00. The molecule has 4 N–H and O–H groups in total. The third kappa shape index (κ3) is 45.9. The number of hydrogen-bond acceptors (Lipinski definition) is 8. The number of aliphatic hydroxyl groups excluding tert-OH is 4. The molecule has 0 atom stereocenters. The predicted octanol–water partition coefficient (Wildman–Crippen LogP) is 3.25. The minimum atomic E-state index is -1.11. The quantitative estimate of drug-likeness (QED) is 0.279. The monoisotopic (exact) mass is 440 g/mol. The van der Waals surface area contributed by atoms with Gasteiger partial charge in [0.15, 0.2) is 0 Å². The molecule has 0 aliphatic carbocycles. The first-order valence-electron chi connectivity index (χ1n) is 8.77. The lowest BCUT2D eigenvalue weighted by atomic mass is 9.93. The van der Waals surface area contributed by atoms with Crippen molar-refractivity contribution in [3.05, 3.63) is 0 Å². The summed E-state index contributed by atoms with van der Waals surface area (Å²) in [6, 6.07) is 0. The van der Waals surface area contributed by atoms with Crippen LogP contribution in [0.5, 0.6) is 0 Å². The van der Waals surface area contributed by atoms with Gasteiger partial charge in [0.1, 0.15) is 0 Å². The maximum atomic E-state index is 8.50. The highest BCUT2D eigenvalue weighted by Crippen LogP contribution is 2.11. The average Bonchev–Trinajstić information content (AvgIpc) is 2.70. The molecular formula is C17H44O4S4. The number of rotatable bonds is 8. The lowest BCUT2D eigenvalue weighted by molar-refractivity contribution is -0.0328. The van der Waals surface area contributed by atoms with Crippen LogP contribution in [0.2, 0.25) is 0 Å². The van der Waals surface area contributed by atoms with Gasteiger partial charge in [0.05, 0.1) is 31.8 Å². The first kappa shape index (κ1) is 37.1. The average molecular weight is 441 g/mol. The molecule has 0 fully saturated rings. The van der Waals surface area contributed by atoms with Crippen molar-refractivity contribution >= 4 is 50.5 Å². The third-order valence-corrected chi connectivity index (χ3v) is 4.02. The molecule has 0 bridgehead atoms. The Morgan fingerprint density at radius 2 is 0.600 bits per heavy atom. The van der Waals surface area contributed by atoms with Crippen molar-refractivity contribution < 1.29 is 20.4 Å². The fourth-order valence-corrected chi connectivity index (χ4v) is 0.300. The van der Waals surface area contributed by atoms with E-state index in [-0.39, 0.29) is 0 Å². The predicted molar refractivity (Wildman–Crippen MR) is 127 cm³/mol. The molecular weight excluding hydrogens is 396 g/mol. The topological polar surface area (TPSA) is 80.9 Å². The Labute approximate surface area is 178 Å². The molecule has 0 aromatic carbocycles. The van der Waals surface area contributed by atoms with E-state index in [0.29, 0.717) is 0 Å². The van der Waals surface area contributed by atoms with Gasteiger partial charge in [-0.05, 0) is 48.7 Å². The van der Waals surface area contributed by atoms with Gasteiger partial charge < -0.3 is 20.4 Å². The van der Waals surface area contributed by atoms with Gasteiger partial charge in [0.2, 0.25) is 0 Å². The third-order valence-electron chi connectivity index (χ3n) is 2.24. The van der Waals surface area contributed by atoms with Crippen molar-refractivity contribution in [3.8, 4) is 0 Å². The summed E-state index contributed by atoms with van der Waals surface area (Å²) in [5.41, 5.74) is -1.11. The van der Waals surface area contributed by atoms with Crippen LogP contribution in [0.4, 0.5) is 0 Å². The van der Waals surface area contributed by atoms with Crippen molar-refractivity contribution in [1.82, 2.24) is 0 Å². The molecule has 0 aromatic heterocycles. The summed E-state index contributed by atoms with van der Waals surface area (Å²) in [4.78, 5) is 0. The van der Waals surface area contributed by atoms with E-state index in [4.69, 9.17) is 20.4 Å². The highest BCUT2D eigenvalue weighted by atomic mass is 32.1. The summed E-state index contributed by atoms with van der Waals surface area (Å²) in [5, 5.41) is 34.0. The van der Waals surface area contributed by atoms with Crippen molar-refractivity contribution in [2.45, 2.75) is 53.4 Å². The van der Waals surface area contributed by atoms with E-state index >= 15 is 0 Å². The van der Waals surface area contributed by atoms with Gasteiger partial charge in [0, 0.05) is 0 Å². The van der Waals surface area contributed by atoms with E-state index in [1.54, 1.807) is 0 Å². The Balaban J connectivity index is -0.0000000714. The molecule has 0 heterocycles. The first-order valence-corrected chi connectivity index (χ1v) is 11.3. The van der Waals surface area contributed by atoms with Gasteiger partial charge in [0.25, 0.3) is 0 Å². The Bertz CT molecular complexity index is 133. The van der Waals surface area contributed by atoms with E-state index in [1.165, 1.54) is 25.7 Å². The molecule has 25 heavy (non-hydrogen) atoms. The van der Waals surface area contributed by atoms with Crippen molar-refractivity contribution in [2.24, 2.45) is 5.41 Å². The van der Waals surface area contributed by atoms with Gasteiger partial charge in [-0.2, -0.15) is 50.5 Å². The molecule has 8 heteroatoms. The fourth-order valence-electron chi connectivity index (χ4n) is 0.300. The molecule has 0 rings (SSSR count). The molecule has 0 radical (unpaired) electrons. The second kappa shape index (κ2) is 40.1. The number of hydrogen-bond donors (Lipinski definition) is 8. The first-order chi connectivity index (χ1) is 11.9. The Hall–Kier alpha value is 1.24. The van der Waals surface area contributed by atoms with Crippen LogP contribution in [0.15, 0.2) is 0 Å². The standard InChI is InChI=1S/C5H12O4.4C3H8S/c6-1-5(2-7,3-8)4-9;4*1-2-3-4/h6-9H,1-4H2;4*4H,2-3H2,1H3. The number of thiol groups is 4. The summed E-state index contributed by atoms with van der Waals surface area (Å²) in [6.45, 7) is 6.79. The van der Waals surface area contributed by atoms with Gasteiger partial charge in [-0.1, -0.05) is 27.7 Å². The molecule has 0 unspecified atom stereocenters. The summed E-state index contributed by atoms with van der Waals surface area (Å²) in [7, 11) is 0. The Morgan fingerprint density at radius 3 is 0.600 bits per heavy atom. The van der Waals surface area contributed by atoms with Gasteiger partial charge in [-0.25, -0.2) is 0 Å². The molecule has 0 saturated heterocycles. The summed E-state index contributed by atoms with van der Waals surface area (Å²) in [5.74, 6) is 4.06. The zero-order valence-corrected chi connectivity index (χ0v) is 20.1. The number of aliphatic hydroxyl groups is 4. The highest BCUT2D eigenvalue weighted by molar-refractivity contribution is 7.80. The van der Waals surface area contributed by atoms with Crippen LogP contribution >= 0.6 is 50.5 Å². The van der Waals surface area contributed by atoms with Gasteiger partial charge in [-0.15, -0.1) is 0 Å². The Morgan fingerprint density at radius 1 is 0.480 bits per heavy atom. The van der Waals surface area contributed by atoms with Crippen LogP contribution in [-0.4, -0.2) is 69.9 Å². The SMILES string of the molecule is CCCS.CCCS.CCCS.CCCS.OCC(CO)(CO)CO. The highest BCUT2D eigenvalue weighted by Gasteiger charge is 2.26. The van der Waals surface area contributed by atoms with Crippen LogP contribution in [-0.2, 0) is 0 Å². The smallest absolute Gasteiger partial charge is 0.0627 e. The van der Waals surface area contributed by atoms with Crippen LogP contribution in [0, 0.1) is 5.41 Å². The van der Waals surface area contributed by atoms with Gasteiger partial charge >= 0.3 is 0 Å². The normalized spacial score (nSPS) is 9.12. The second-order valence-corrected chi connectivity index (χ2v) is 6.82. The molecule has 0 amide bonds. The molecule has 0 aromatic rings. The minimum absolute atomic E-state index is 0.406. The maximum absolute atomic E-state index is 8.50.